The van der Waals surface area contributed by atoms with Crippen LogP contribution < -0.4 is 21.7 Å². The fraction of sp³-hybridized carbons (Fsp3) is 0.174. The molecule has 5 N–H and O–H groups in total. The maximum atomic E-state index is 11.7. The molecule has 9 nitrogen and oxygen atoms in total. The number of fused-ring (bicyclic) bond motifs is 1. The minimum absolute atomic E-state index is 0.314. The first-order chi connectivity index (χ1) is 15.7. The molecule has 0 aliphatic carbocycles. The normalized spacial score (nSPS) is 15.6. The summed E-state index contributed by atoms with van der Waals surface area (Å²) >= 11 is 0. The second-order valence-corrected chi connectivity index (χ2v) is 7.59. The minimum atomic E-state index is -0.508. The third-order valence-corrected chi connectivity index (χ3v) is 5.37. The summed E-state index contributed by atoms with van der Waals surface area (Å²) in [5, 5.41) is 11.0. The Hall–Kier alpha value is -4.11. The summed E-state index contributed by atoms with van der Waals surface area (Å²) in [6, 6.07) is 13.0. The van der Waals surface area contributed by atoms with Crippen molar-refractivity contribution >= 4 is 34.1 Å². The third kappa shape index (κ3) is 4.06. The zero-order valence-electron chi connectivity index (χ0n) is 17.2. The standard InChI is InChI=1S/C23H22N8O/c24-21(32)16-3-1-2-4-18(16)29-20-11-14(5-10-27-20)22-30-19-13-26-9-7-17(19)23(31-22)28-15-6-8-25-12-15/h1-5,7,9-11,13,15,25H,6,8,12H2,(H2,24,32)(H,27,29)(H,28,30,31)/t15-/m1/s1. The highest BCUT2D eigenvalue weighted by Gasteiger charge is 2.18. The lowest BCUT2D eigenvalue weighted by Crippen LogP contribution is -2.23. The topological polar surface area (TPSA) is 131 Å². The van der Waals surface area contributed by atoms with Gasteiger partial charge in [0.25, 0.3) is 5.91 Å². The summed E-state index contributed by atoms with van der Waals surface area (Å²) in [7, 11) is 0. The highest BCUT2D eigenvalue weighted by atomic mass is 16.1. The molecule has 160 valence electrons. The SMILES string of the molecule is NC(=O)c1ccccc1Nc1cc(-c2nc(N[C@@H]3CCNC3)c3ccncc3n2)ccn1. The van der Waals surface area contributed by atoms with E-state index >= 15 is 0 Å². The lowest BCUT2D eigenvalue weighted by atomic mass is 10.1. The van der Waals surface area contributed by atoms with Crippen molar-refractivity contribution < 1.29 is 4.79 Å². The maximum absolute atomic E-state index is 11.7. The van der Waals surface area contributed by atoms with Gasteiger partial charge in [-0.25, -0.2) is 15.0 Å². The number of para-hydroxylation sites is 1. The molecule has 3 aromatic heterocycles. The Morgan fingerprint density at radius 1 is 1.12 bits per heavy atom. The first-order valence-electron chi connectivity index (χ1n) is 10.4. The van der Waals surface area contributed by atoms with E-state index in [1.165, 1.54) is 0 Å². The Balaban J connectivity index is 1.51. The van der Waals surface area contributed by atoms with Gasteiger partial charge in [-0.2, -0.15) is 0 Å². The molecule has 1 fully saturated rings. The van der Waals surface area contributed by atoms with Crippen molar-refractivity contribution in [3.63, 3.8) is 0 Å². The second kappa shape index (κ2) is 8.56. The van der Waals surface area contributed by atoms with E-state index in [1.54, 1.807) is 36.8 Å². The number of anilines is 3. The average Bonchev–Trinajstić information content (AvgIpc) is 3.32. The van der Waals surface area contributed by atoms with Crippen LogP contribution in [0.3, 0.4) is 0 Å². The van der Waals surface area contributed by atoms with Gasteiger partial charge in [-0.05, 0) is 43.3 Å². The lowest BCUT2D eigenvalue weighted by Gasteiger charge is -2.15. The summed E-state index contributed by atoms with van der Waals surface area (Å²) in [5.41, 5.74) is 8.02. The summed E-state index contributed by atoms with van der Waals surface area (Å²) in [4.78, 5) is 29.9. The molecule has 0 radical (unpaired) electrons. The Labute approximate surface area is 184 Å². The number of nitrogens with two attached hydrogens (primary N) is 1. The molecule has 1 aromatic carbocycles. The molecule has 5 rings (SSSR count). The zero-order chi connectivity index (χ0) is 21.9. The fourth-order valence-electron chi connectivity index (χ4n) is 3.77. The zero-order valence-corrected chi connectivity index (χ0v) is 17.2. The van der Waals surface area contributed by atoms with Crippen molar-refractivity contribution in [1.82, 2.24) is 25.3 Å². The molecule has 32 heavy (non-hydrogen) atoms. The van der Waals surface area contributed by atoms with Gasteiger partial charge in [-0.1, -0.05) is 12.1 Å². The van der Waals surface area contributed by atoms with Crippen molar-refractivity contribution in [2.45, 2.75) is 12.5 Å². The quantitative estimate of drug-likeness (QED) is 0.370. The van der Waals surface area contributed by atoms with E-state index in [0.29, 0.717) is 28.9 Å². The number of carbonyl (C=O) groups is 1. The van der Waals surface area contributed by atoms with E-state index in [9.17, 15) is 4.79 Å². The molecule has 1 aliphatic rings. The van der Waals surface area contributed by atoms with Crippen LogP contribution in [0.4, 0.5) is 17.3 Å². The van der Waals surface area contributed by atoms with E-state index < -0.39 is 5.91 Å². The molecule has 4 heterocycles. The third-order valence-electron chi connectivity index (χ3n) is 5.37. The number of nitrogens with one attached hydrogen (secondary N) is 3. The van der Waals surface area contributed by atoms with Crippen LogP contribution in [0.25, 0.3) is 22.3 Å². The summed E-state index contributed by atoms with van der Waals surface area (Å²) in [6.45, 7) is 1.88. The number of primary amides is 1. The molecular weight excluding hydrogens is 404 g/mol. The smallest absolute Gasteiger partial charge is 0.250 e. The van der Waals surface area contributed by atoms with Crippen molar-refractivity contribution in [3.8, 4) is 11.4 Å². The number of carbonyl (C=O) groups excluding carboxylic acids is 1. The van der Waals surface area contributed by atoms with Crippen molar-refractivity contribution in [3.05, 3.63) is 66.6 Å². The van der Waals surface area contributed by atoms with E-state index in [-0.39, 0.29) is 0 Å². The predicted octanol–water partition coefficient (Wildman–Crippen LogP) is 2.70. The number of hydrogen-bond acceptors (Lipinski definition) is 8. The van der Waals surface area contributed by atoms with Crippen molar-refractivity contribution in [2.24, 2.45) is 5.73 Å². The number of nitrogens with zero attached hydrogens (tertiary/aromatic N) is 4. The van der Waals surface area contributed by atoms with Crippen LogP contribution in [-0.2, 0) is 0 Å². The lowest BCUT2D eigenvalue weighted by molar-refractivity contribution is 0.100. The van der Waals surface area contributed by atoms with Crippen LogP contribution in [0.5, 0.6) is 0 Å². The number of benzene rings is 1. The van der Waals surface area contributed by atoms with Gasteiger partial charge in [-0.15, -0.1) is 0 Å². The molecule has 4 aromatic rings. The molecule has 1 amide bonds. The second-order valence-electron chi connectivity index (χ2n) is 7.59. The van der Waals surface area contributed by atoms with Crippen LogP contribution in [0.1, 0.15) is 16.8 Å². The van der Waals surface area contributed by atoms with Crippen LogP contribution in [-0.4, -0.2) is 45.0 Å². The summed E-state index contributed by atoms with van der Waals surface area (Å²) < 4.78 is 0. The van der Waals surface area contributed by atoms with Gasteiger partial charge in [0.2, 0.25) is 0 Å². The Bertz CT molecular complexity index is 1290. The van der Waals surface area contributed by atoms with Gasteiger partial charge in [0, 0.05) is 35.9 Å². The molecule has 1 atom stereocenters. The molecule has 0 bridgehead atoms. The van der Waals surface area contributed by atoms with Crippen LogP contribution >= 0.6 is 0 Å². The van der Waals surface area contributed by atoms with Crippen LogP contribution in [0.15, 0.2) is 61.1 Å². The van der Waals surface area contributed by atoms with E-state index in [1.807, 2.05) is 24.3 Å². The van der Waals surface area contributed by atoms with Gasteiger partial charge < -0.3 is 21.7 Å². The number of pyridine rings is 2. The fourth-order valence-corrected chi connectivity index (χ4v) is 3.77. The molecule has 9 heteroatoms. The highest BCUT2D eigenvalue weighted by Crippen LogP contribution is 2.27. The molecule has 1 aliphatic heterocycles. The van der Waals surface area contributed by atoms with E-state index in [2.05, 4.69) is 25.9 Å². The Morgan fingerprint density at radius 2 is 2.03 bits per heavy atom. The number of amides is 1. The van der Waals surface area contributed by atoms with Gasteiger partial charge >= 0.3 is 0 Å². The van der Waals surface area contributed by atoms with Crippen molar-refractivity contribution in [1.29, 1.82) is 0 Å². The van der Waals surface area contributed by atoms with Crippen LogP contribution in [0, 0.1) is 0 Å². The van der Waals surface area contributed by atoms with Gasteiger partial charge in [0.1, 0.15) is 11.6 Å². The Kier molecular flexibility index (Phi) is 5.30. The first kappa shape index (κ1) is 19.8. The van der Waals surface area contributed by atoms with Gasteiger partial charge in [0.05, 0.1) is 23.0 Å². The highest BCUT2D eigenvalue weighted by molar-refractivity contribution is 5.99. The number of rotatable bonds is 6. The van der Waals surface area contributed by atoms with Crippen molar-refractivity contribution in [2.75, 3.05) is 23.7 Å². The summed E-state index contributed by atoms with van der Waals surface area (Å²) in [6.07, 6.45) is 6.19. The molecular formula is C23H22N8O. The number of aromatic nitrogens is 4. The first-order valence-corrected chi connectivity index (χ1v) is 10.4. The average molecular weight is 426 g/mol. The Morgan fingerprint density at radius 3 is 2.88 bits per heavy atom. The predicted molar refractivity (Wildman–Crippen MR) is 124 cm³/mol. The molecule has 0 saturated carbocycles. The summed E-state index contributed by atoms with van der Waals surface area (Å²) in [5.74, 6) is 1.39. The van der Waals surface area contributed by atoms with E-state index in [4.69, 9.17) is 15.7 Å². The van der Waals surface area contributed by atoms with Crippen LogP contribution in [0.2, 0.25) is 0 Å². The molecule has 0 spiro atoms. The van der Waals surface area contributed by atoms with Gasteiger partial charge in [-0.3, -0.25) is 9.78 Å². The maximum Gasteiger partial charge on any atom is 0.250 e. The monoisotopic (exact) mass is 426 g/mol. The molecule has 0 unspecified atom stereocenters. The largest absolute Gasteiger partial charge is 0.366 e. The molecule has 1 saturated heterocycles. The minimum Gasteiger partial charge on any atom is -0.366 e. The number of hydrogen-bond donors (Lipinski definition) is 4. The van der Waals surface area contributed by atoms with Gasteiger partial charge in [0.15, 0.2) is 5.82 Å². The van der Waals surface area contributed by atoms with E-state index in [0.717, 1.165) is 41.8 Å².